The molecular formula is C19H17Cl2N3O2. The number of ether oxygens (including phenoxy) is 1. The van der Waals surface area contributed by atoms with E-state index in [-0.39, 0.29) is 12.5 Å². The quantitative estimate of drug-likeness (QED) is 0.671. The highest BCUT2D eigenvalue weighted by atomic mass is 35.5. The molecule has 3 rings (SSSR count). The van der Waals surface area contributed by atoms with Crippen LogP contribution in [0.1, 0.15) is 11.1 Å². The third-order valence-corrected chi connectivity index (χ3v) is 4.27. The van der Waals surface area contributed by atoms with Crippen LogP contribution >= 0.6 is 23.2 Å². The van der Waals surface area contributed by atoms with E-state index in [9.17, 15) is 4.79 Å². The predicted octanol–water partition coefficient (Wildman–Crippen LogP) is 4.56. The van der Waals surface area contributed by atoms with Crippen molar-refractivity contribution in [2.24, 2.45) is 0 Å². The van der Waals surface area contributed by atoms with Gasteiger partial charge in [-0.1, -0.05) is 41.4 Å². The van der Waals surface area contributed by atoms with E-state index in [0.717, 1.165) is 11.1 Å². The number of hydrogen-bond acceptors (Lipinski definition) is 3. The molecule has 0 unspecified atom stereocenters. The zero-order valence-electron chi connectivity index (χ0n) is 14.1. The van der Waals surface area contributed by atoms with E-state index in [2.05, 4.69) is 10.4 Å². The number of aryl methyl sites for hydroxylation is 1. The van der Waals surface area contributed by atoms with Gasteiger partial charge in [0.15, 0.2) is 6.61 Å². The molecule has 1 aromatic heterocycles. The van der Waals surface area contributed by atoms with Gasteiger partial charge in [0.25, 0.3) is 5.91 Å². The van der Waals surface area contributed by atoms with Crippen molar-refractivity contribution in [3.05, 3.63) is 75.9 Å². The Kier molecular flexibility index (Phi) is 5.81. The number of carbonyl (C=O) groups is 1. The van der Waals surface area contributed by atoms with Crippen LogP contribution in [0.3, 0.4) is 0 Å². The van der Waals surface area contributed by atoms with Crippen molar-refractivity contribution in [2.75, 3.05) is 11.9 Å². The van der Waals surface area contributed by atoms with Crippen LogP contribution in [-0.2, 0) is 11.3 Å². The Bertz CT molecular complexity index is 925. The lowest BCUT2D eigenvalue weighted by molar-refractivity contribution is -0.118. The number of halogens is 2. The first-order valence-corrected chi connectivity index (χ1v) is 8.72. The second kappa shape index (κ2) is 8.25. The molecule has 0 saturated carbocycles. The number of aromatic nitrogens is 2. The maximum atomic E-state index is 12.2. The average Bonchev–Trinajstić information content (AvgIpc) is 3.02. The summed E-state index contributed by atoms with van der Waals surface area (Å²) in [4.78, 5) is 12.2. The molecular weight excluding hydrogens is 373 g/mol. The van der Waals surface area contributed by atoms with Gasteiger partial charge in [-0.05, 0) is 42.3 Å². The van der Waals surface area contributed by atoms with E-state index >= 15 is 0 Å². The Morgan fingerprint density at radius 1 is 1.19 bits per heavy atom. The zero-order valence-corrected chi connectivity index (χ0v) is 15.6. The second-order valence-corrected chi connectivity index (χ2v) is 6.61. The van der Waals surface area contributed by atoms with E-state index in [0.29, 0.717) is 28.2 Å². The van der Waals surface area contributed by atoms with E-state index < -0.39 is 0 Å². The molecule has 0 saturated heterocycles. The minimum absolute atomic E-state index is 0.0870. The molecule has 1 N–H and O–H groups in total. The van der Waals surface area contributed by atoms with Gasteiger partial charge in [-0.25, -0.2) is 4.68 Å². The van der Waals surface area contributed by atoms with Gasteiger partial charge in [-0.3, -0.25) is 4.79 Å². The van der Waals surface area contributed by atoms with Crippen molar-refractivity contribution < 1.29 is 9.53 Å². The van der Waals surface area contributed by atoms with Gasteiger partial charge in [0.2, 0.25) is 0 Å². The van der Waals surface area contributed by atoms with Crippen LogP contribution in [-0.4, -0.2) is 22.3 Å². The molecule has 3 aromatic rings. The number of nitrogens with one attached hydrogen (secondary N) is 1. The fourth-order valence-corrected chi connectivity index (χ4v) is 2.88. The number of carbonyl (C=O) groups excluding carboxylic acids is 1. The Hall–Kier alpha value is -2.50. The molecule has 0 aliphatic carbocycles. The van der Waals surface area contributed by atoms with Gasteiger partial charge in [-0.15, -0.1) is 0 Å². The molecule has 0 fully saturated rings. The highest BCUT2D eigenvalue weighted by molar-refractivity contribution is 6.35. The summed E-state index contributed by atoms with van der Waals surface area (Å²) >= 11 is 12.1. The van der Waals surface area contributed by atoms with Crippen LogP contribution in [0.5, 0.6) is 5.75 Å². The Morgan fingerprint density at radius 3 is 2.81 bits per heavy atom. The minimum atomic E-state index is -0.268. The number of nitrogens with zero attached hydrogens (tertiary/aromatic N) is 2. The molecule has 7 heteroatoms. The standard InChI is InChI=1S/C19H17Cl2N3O2/c1-13-3-2-4-16(9-13)26-12-19(25)23-18-7-8-22-24(18)11-14-5-6-15(20)10-17(14)21/h2-10H,11-12H2,1H3,(H,23,25). The summed E-state index contributed by atoms with van der Waals surface area (Å²) in [6.07, 6.45) is 1.61. The summed E-state index contributed by atoms with van der Waals surface area (Å²) in [6, 6.07) is 14.5. The lowest BCUT2D eigenvalue weighted by Crippen LogP contribution is -2.22. The van der Waals surface area contributed by atoms with Crippen molar-refractivity contribution >= 4 is 34.9 Å². The summed E-state index contributed by atoms with van der Waals surface area (Å²) in [5, 5.41) is 8.14. The SMILES string of the molecule is Cc1cccc(OCC(=O)Nc2ccnn2Cc2ccc(Cl)cc2Cl)c1. The molecule has 1 amide bonds. The van der Waals surface area contributed by atoms with Gasteiger partial charge >= 0.3 is 0 Å². The number of amides is 1. The van der Waals surface area contributed by atoms with Gasteiger partial charge < -0.3 is 10.1 Å². The molecule has 5 nitrogen and oxygen atoms in total. The van der Waals surface area contributed by atoms with Crippen molar-refractivity contribution in [2.45, 2.75) is 13.5 Å². The summed E-state index contributed by atoms with van der Waals surface area (Å²) in [7, 11) is 0. The van der Waals surface area contributed by atoms with Crippen LogP contribution in [0.25, 0.3) is 0 Å². The Morgan fingerprint density at radius 2 is 2.04 bits per heavy atom. The summed E-state index contributed by atoms with van der Waals surface area (Å²) in [5.74, 6) is 0.950. The number of anilines is 1. The Labute approximate surface area is 161 Å². The molecule has 134 valence electrons. The van der Waals surface area contributed by atoms with Crippen molar-refractivity contribution in [3.63, 3.8) is 0 Å². The monoisotopic (exact) mass is 389 g/mol. The van der Waals surface area contributed by atoms with E-state index in [4.69, 9.17) is 27.9 Å². The first-order chi connectivity index (χ1) is 12.5. The summed E-state index contributed by atoms with van der Waals surface area (Å²) in [5.41, 5.74) is 1.92. The lowest BCUT2D eigenvalue weighted by Gasteiger charge is -2.11. The van der Waals surface area contributed by atoms with Gasteiger partial charge in [0.1, 0.15) is 11.6 Å². The molecule has 2 aromatic carbocycles. The fourth-order valence-electron chi connectivity index (χ4n) is 2.41. The van der Waals surface area contributed by atoms with Gasteiger partial charge in [0, 0.05) is 16.1 Å². The number of benzene rings is 2. The third kappa shape index (κ3) is 4.77. The van der Waals surface area contributed by atoms with Crippen molar-refractivity contribution in [3.8, 4) is 5.75 Å². The van der Waals surface area contributed by atoms with E-state index in [1.165, 1.54) is 0 Å². The molecule has 1 heterocycles. The van der Waals surface area contributed by atoms with Crippen LogP contribution in [0, 0.1) is 6.92 Å². The lowest BCUT2D eigenvalue weighted by atomic mass is 10.2. The maximum Gasteiger partial charge on any atom is 0.263 e. The normalized spacial score (nSPS) is 10.6. The van der Waals surface area contributed by atoms with Crippen LogP contribution in [0.2, 0.25) is 10.0 Å². The fraction of sp³-hybridized carbons (Fsp3) is 0.158. The number of hydrogen-bond donors (Lipinski definition) is 1. The highest BCUT2D eigenvalue weighted by Gasteiger charge is 2.10. The largest absolute Gasteiger partial charge is 0.484 e. The third-order valence-electron chi connectivity index (χ3n) is 3.68. The highest BCUT2D eigenvalue weighted by Crippen LogP contribution is 2.22. The molecule has 26 heavy (non-hydrogen) atoms. The molecule has 0 radical (unpaired) electrons. The predicted molar refractivity (Wildman–Crippen MR) is 103 cm³/mol. The first-order valence-electron chi connectivity index (χ1n) is 7.96. The first kappa shape index (κ1) is 18.3. The molecule has 0 bridgehead atoms. The smallest absolute Gasteiger partial charge is 0.263 e. The van der Waals surface area contributed by atoms with Crippen molar-refractivity contribution in [1.29, 1.82) is 0 Å². The summed E-state index contributed by atoms with van der Waals surface area (Å²) < 4.78 is 7.16. The molecule has 0 aliphatic rings. The van der Waals surface area contributed by atoms with E-state index in [1.54, 1.807) is 29.1 Å². The van der Waals surface area contributed by atoms with E-state index in [1.807, 2.05) is 37.3 Å². The van der Waals surface area contributed by atoms with Gasteiger partial charge in [0.05, 0.1) is 12.7 Å². The number of rotatable bonds is 6. The molecule has 0 atom stereocenters. The van der Waals surface area contributed by atoms with Gasteiger partial charge in [-0.2, -0.15) is 5.10 Å². The molecule has 0 spiro atoms. The van der Waals surface area contributed by atoms with Crippen LogP contribution < -0.4 is 10.1 Å². The average molecular weight is 390 g/mol. The zero-order chi connectivity index (χ0) is 18.5. The Balaban J connectivity index is 1.62. The van der Waals surface area contributed by atoms with Crippen molar-refractivity contribution in [1.82, 2.24) is 9.78 Å². The maximum absolute atomic E-state index is 12.2. The summed E-state index contributed by atoms with van der Waals surface area (Å²) in [6.45, 7) is 2.29. The van der Waals surface area contributed by atoms with Crippen LogP contribution in [0.15, 0.2) is 54.7 Å². The topological polar surface area (TPSA) is 56.1 Å². The second-order valence-electron chi connectivity index (χ2n) is 5.76. The minimum Gasteiger partial charge on any atom is -0.484 e. The molecule has 0 aliphatic heterocycles. The van der Waals surface area contributed by atoms with Crippen LogP contribution in [0.4, 0.5) is 5.82 Å².